The van der Waals surface area contributed by atoms with Crippen LogP contribution in [0.5, 0.6) is 5.75 Å². The molecule has 0 radical (unpaired) electrons. The van der Waals surface area contributed by atoms with Crippen LogP contribution >= 0.6 is 0 Å². The number of fused-ring (bicyclic) bond motifs is 1. The van der Waals surface area contributed by atoms with Crippen molar-refractivity contribution in [2.45, 2.75) is 6.92 Å². The highest BCUT2D eigenvalue weighted by molar-refractivity contribution is 5.94. The van der Waals surface area contributed by atoms with Crippen molar-refractivity contribution in [2.75, 3.05) is 25.5 Å². The van der Waals surface area contributed by atoms with Crippen molar-refractivity contribution >= 4 is 22.5 Å². The summed E-state index contributed by atoms with van der Waals surface area (Å²) in [5, 5.41) is 14.3. The lowest BCUT2D eigenvalue weighted by Gasteiger charge is -2.15. The molecule has 0 spiro atoms. The highest BCUT2D eigenvalue weighted by Crippen LogP contribution is 2.24. The van der Waals surface area contributed by atoms with Gasteiger partial charge in [-0.3, -0.25) is 4.79 Å². The first kappa shape index (κ1) is 13.1. The van der Waals surface area contributed by atoms with Crippen molar-refractivity contribution in [3.8, 4) is 5.75 Å². The van der Waals surface area contributed by atoms with Gasteiger partial charge < -0.3 is 15.3 Å². The highest BCUT2D eigenvalue weighted by atomic mass is 16.3. The standard InChI is InChI=1S/C14H17N3O2/c1-3-17(2)13(19)9-16-14-12-8-11(18)5-4-10(12)6-7-15-14/h4-8,18H,3,9H2,1-2H3,(H,15,16). The quantitative estimate of drug-likeness (QED) is 0.879. The molecule has 100 valence electrons. The number of benzene rings is 1. The molecule has 1 heterocycles. The molecular formula is C14H17N3O2. The van der Waals surface area contributed by atoms with Crippen LogP contribution in [0.2, 0.25) is 0 Å². The average molecular weight is 259 g/mol. The van der Waals surface area contributed by atoms with E-state index in [4.69, 9.17) is 0 Å². The lowest BCUT2D eigenvalue weighted by molar-refractivity contribution is -0.127. The number of carbonyl (C=O) groups excluding carboxylic acids is 1. The third kappa shape index (κ3) is 2.93. The number of nitrogens with zero attached hydrogens (tertiary/aromatic N) is 2. The monoisotopic (exact) mass is 259 g/mol. The Morgan fingerprint density at radius 2 is 2.21 bits per heavy atom. The van der Waals surface area contributed by atoms with Crippen molar-refractivity contribution < 1.29 is 9.90 Å². The number of aromatic hydroxyl groups is 1. The summed E-state index contributed by atoms with van der Waals surface area (Å²) in [6.45, 7) is 2.78. The van der Waals surface area contributed by atoms with E-state index in [1.165, 1.54) is 0 Å². The Morgan fingerprint density at radius 3 is 2.95 bits per heavy atom. The largest absolute Gasteiger partial charge is 0.508 e. The van der Waals surface area contributed by atoms with E-state index in [1.807, 2.05) is 19.1 Å². The molecular weight excluding hydrogens is 242 g/mol. The van der Waals surface area contributed by atoms with Crippen molar-refractivity contribution in [1.82, 2.24) is 9.88 Å². The Bertz CT molecular complexity index is 598. The third-order valence-corrected chi connectivity index (χ3v) is 3.06. The second-order valence-electron chi connectivity index (χ2n) is 4.33. The summed E-state index contributed by atoms with van der Waals surface area (Å²) < 4.78 is 0. The van der Waals surface area contributed by atoms with Gasteiger partial charge in [0.25, 0.3) is 0 Å². The molecule has 1 amide bonds. The van der Waals surface area contributed by atoms with E-state index in [0.717, 1.165) is 10.8 Å². The van der Waals surface area contributed by atoms with E-state index in [-0.39, 0.29) is 18.2 Å². The molecule has 0 saturated carbocycles. The van der Waals surface area contributed by atoms with Gasteiger partial charge in [-0.15, -0.1) is 0 Å². The van der Waals surface area contributed by atoms with Gasteiger partial charge in [0.2, 0.25) is 5.91 Å². The number of carbonyl (C=O) groups is 1. The summed E-state index contributed by atoms with van der Waals surface area (Å²) in [7, 11) is 1.76. The molecule has 2 N–H and O–H groups in total. The zero-order chi connectivity index (χ0) is 13.8. The number of likely N-dealkylation sites (N-methyl/N-ethyl adjacent to an activating group) is 1. The number of hydrogen-bond acceptors (Lipinski definition) is 4. The van der Waals surface area contributed by atoms with Gasteiger partial charge in [0, 0.05) is 25.2 Å². The minimum Gasteiger partial charge on any atom is -0.508 e. The van der Waals surface area contributed by atoms with Crippen LogP contribution in [0.25, 0.3) is 10.8 Å². The van der Waals surface area contributed by atoms with E-state index in [2.05, 4.69) is 10.3 Å². The Kier molecular flexibility index (Phi) is 3.85. The summed E-state index contributed by atoms with van der Waals surface area (Å²) in [5.74, 6) is 0.785. The van der Waals surface area contributed by atoms with Crippen molar-refractivity contribution in [3.05, 3.63) is 30.5 Å². The maximum absolute atomic E-state index is 11.7. The van der Waals surface area contributed by atoms with Crippen LogP contribution in [-0.4, -0.2) is 41.0 Å². The first-order chi connectivity index (χ1) is 9.11. The minimum absolute atomic E-state index is 0.00135. The smallest absolute Gasteiger partial charge is 0.241 e. The molecule has 1 aromatic heterocycles. The van der Waals surface area contributed by atoms with E-state index in [0.29, 0.717) is 12.4 Å². The van der Waals surface area contributed by atoms with Gasteiger partial charge in [0.1, 0.15) is 11.6 Å². The van der Waals surface area contributed by atoms with Gasteiger partial charge in [0.15, 0.2) is 0 Å². The summed E-state index contributed by atoms with van der Waals surface area (Å²) in [6.07, 6.45) is 1.68. The van der Waals surface area contributed by atoms with E-state index < -0.39 is 0 Å². The van der Waals surface area contributed by atoms with E-state index >= 15 is 0 Å². The van der Waals surface area contributed by atoms with Crippen LogP contribution in [0.3, 0.4) is 0 Å². The fourth-order valence-corrected chi connectivity index (χ4v) is 1.77. The zero-order valence-corrected chi connectivity index (χ0v) is 11.1. The normalized spacial score (nSPS) is 10.4. The van der Waals surface area contributed by atoms with Crippen LogP contribution in [0.15, 0.2) is 30.5 Å². The molecule has 0 aliphatic carbocycles. The van der Waals surface area contributed by atoms with Crippen molar-refractivity contribution in [3.63, 3.8) is 0 Å². The Hall–Kier alpha value is -2.30. The SMILES string of the molecule is CCN(C)C(=O)CNc1nccc2ccc(O)cc12. The van der Waals surface area contributed by atoms with Gasteiger partial charge in [-0.05, 0) is 30.5 Å². The van der Waals surface area contributed by atoms with Gasteiger partial charge in [-0.1, -0.05) is 6.07 Å². The molecule has 0 aliphatic heterocycles. The molecule has 19 heavy (non-hydrogen) atoms. The van der Waals surface area contributed by atoms with Crippen molar-refractivity contribution in [1.29, 1.82) is 0 Å². The molecule has 2 aromatic rings. The van der Waals surface area contributed by atoms with Gasteiger partial charge >= 0.3 is 0 Å². The molecule has 5 nitrogen and oxygen atoms in total. The number of pyridine rings is 1. The topological polar surface area (TPSA) is 65.5 Å². The number of nitrogens with one attached hydrogen (secondary N) is 1. The maximum atomic E-state index is 11.7. The number of hydrogen-bond donors (Lipinski definition) is 2. The molecule has 0 saturated heterocycles. The number of amides is 1. The Balaban J connectivity index is 2.21. The third-order valence-electron chi connectivity index (χ3n) is 3.06. The van der Waals surface area contributed by atoms with E-state index in [9.17, 15) is 9.90 Å². The minimum atomic E-state index is 0.00135. The predicted octanol–water partition coefficient (Wildman–Crippen LogP) is 1.83. The first-order valence-electron chi connectivity index (χ1n) is 6.17. The molecule has 1 aromatic carbocycles. The number of rotatable bonds is 4. The molecule has 0 bridgehead atoms. The van der Waals surface area contributed by atoms with Crippen LogP contribution < -0.4 is 5.32 Å². The van der Waals surface area contributed by atoms with Crippen LogP contribution in [0.1, 0.15) is 6.92 Å². The van der Waals surface area contributed by atoms with Crippen LogP contribution in [0.4, 0.5) is 5.82 Å². The molecule has 0 aliphatic rings. The fourth-order valence-electron chi connectivity index (χ4n) is 1.77. The zero-order valence-electron chi connectivity index (χ0n) is 11.1. The summed E-state index contributed by atoms with van der Waals surface area (Å²) in [5.41, 5.74) is 0. The highest BCUT2D eigenvalue weighted by Gasteiger charge is 2.08. The lowest BCUT2D eigenvalue weighted by atomic mass is 10.1. The maximum Gasteiger partial charge on any atom is 0.241 e. The van der Waals surface area contributed by atoms with Gasteiger partial charge in [-0.25, -0.2) is 4.98 Å². The van der Waals surface area contributed by atoms with Crippen molar-refractivity contribution in [2.24, 2.45) is 0 Å². The number of phenolic OH excluding ortho intramolecular Hbond substituents is 1. The van der Waals surface area contributed by atoms with Crippen LogP contribution in [0, 0.1) is 0 Å². The second-order valence-corrected chi connectivity index (χ2v) is 4.33. The Morgan fingerprint density at radius 1 is 1.42 bits per heavy atom. The number of anilines is 1. The van der Waals surface area contributed by atoms with Crippen LogP contribution in [-0.2, 0) is 4.79 Å². The van der Waals surface area contributed by atoms with Gasteiger partial charge in [-0.2, -0.15) is 0 Å². The molecule has 0 unspecified atom stereocenters. The number of phenols is 1. The van der Waals surface area contributed by atoms with E-state index in [1.54, 1.807) is 30.3 Å². The second kappa shape index (κ2) is 5.56. The molecule has 0 atom stereocenters. The van der Waals surface area contributed by atoms with Gasteiger partial charge in [0.05, 0.1) is 6.54 Å². The predicted molar refractivity (Wildman–Crippen MR) is 75.2 cm³/mol. The molecule has 0 fully saturated rings. The number of aromatic nitrogens is 1. The average Bonchev–Trinajstić information content (AvgIpc) is 2.43. The summed E-state index contributed by atoms with van der Waals surface area (Å²) in [4.78, 5) is 17.6. The molecule has 5 heteroatoms. The Labute approximate surface area is 111 Å². The molecule has 2 rings (SSSR count). The fraction of sp³-hybridized carbons (Fsp3) is 0.286. The first-order valence-corrected chi connectivity index (χ1v) is 6.17. The lowest BCUT2D eigenvalue weighted by Crippen LogP contribution is -2.32. The summed E-state index contributed by atoms with van der Waals surface area (Å²) >= 11 is 0. The summed E-state index contributed by atoms with van der Waals surface area (Å²) in [6, 6.07) is 6.94.